The van der Waals surface area contributed by atoms with Crippen molar-refractivity contribution in [2.75, 3.05) is 6.26 Å². The molecule has 0 saturated heterocycles. The summed E-state index contributed by atoms with van der Waals surface area (Å²) in [5.74, 6) is -0.316. The molecule has 2 rings (SSSR count). The first-order valence-electron chi connectivity index (χ1n) is 6.42. The van der Waals surface area contributed by atoms with Gasteiger partial charge in [0.25, 0.3) is 5.91 Å². The van der Waals surface area contributed by atoms with Crippen LogP contribution in [0.25, 0.3) is 0 Å². The molecular weight excluding hydrogens is 361 g/mol. The maximum absolute atomic E-state index is 12.1. The van der Waals surface area contributed by atoms with Gasteiger partial charge in [0.05, 0.1) is 16.8 Å². The third-order valence-corrected chi connectivity index (χ3v) is 4.22. The van der Waals surface area contributed by atoms with Crippen LogP contribution in [0.5, 0.6) is 11.5 Å². The van der Waals surface area contributed by atoms with Crippen LogP contribution in [0.2, 0.25) is 10.0 Å². The van der Waals surface area contributed by atoms with Gasteiger partial charge < -0.3 is 4.74 Å². The van der Waals surface area contributed by atoms with Gasteiger partial charge >= 0.3 is 0 Å². The largest absolute Gasteiger partial charge is 0.455 e. The molecular formula is C15H13Cl2NO4S. The lowest BCUT2D eigenvalue weighted by molar-refractivity contribution is 0.0979. The normalized spacial score (nSPS) is 11.1. The van der Waals surface area contributed by atoms with Gasteiger partial charge in [-0.05, 0) is 30.7 Å². The van der Waals surface area contributed by atoms with E-state index in [2.05, 4.69) is 0 Å². The van der Waals surface area contributed by atoms with Crippen molar-refractivity contribution >= 4 is 39.1 Å². The summed E-state index contributed by atoms with van der Waals surface area (Å²) in [6.07, 6.45) is 0.898. The van der Waals surface area contributed by atoms with E-state index >= 15 is 0 Å². The van der Waals surface area contributed by atoms with Crippen LogP contribution in [-0.2, 0) is 10.0 Å². The first-order chi connectivity index (χ1) is 10.7. The highest BCUT2D eigenvalue weighted by Crippen LogP contribution is 2.37. The highest BCUT2D eigenvalue weighted by Gasteiger charge is 2.19. The predicted molar refractivity (Wildman–Crippen MR) is 90.0 cm³/mol. The quantitative estimate of drug-likeness (QED) is 0.884. The molecule has 1 N–H and O–H groups in total. The Balaban J connectivity index is 2.46. The molecule has 0 heterocycles. The van der Waals surface area contributed by atoms with Crippen LogP contribution < -0.4 is 9.46 Å². The standard InChI is InChI=1S/C15H13Cl2NO4S/c1-9-5-3-6-10(15(19)18-23(2,20)21)14(9)22-12-8-4-7-11(16)13(12)17/h3-8H,1-2H3,(H,18,19). The van der Waals surface area contributed by atoms with Crippen molar-refractivity contribution in [3.63, 3.8) is 0 Å². The van der Waals surface area contributed by atoms with Crippen molar-refractivity contribution in [1.82, 2.24) is 4.72 Å². The summed E-state index contributed by atoms with van der Waals surface area (Å²) in [7, 11) is -3.69. The van der Waals surface area contributed by atoms with E-state index in [0.717, 1.165) is 6.26 Å². The van der Waals surface area contributed by atoms with Crippen molar-refractivity contribution in [2.45, 2.75) is 6.92 Å². The Labute approximate surface area is 144 Å². The molecule has 122 valence electrons. The smallest absolute Gasteiger partial charge is 0.268 e. The lowest BCUT2D eigenvalue weighted by Crippen LogP contribution is -2.29. The summed E-state index contributed by atoms with van der Waals surface area (Å²) in [4.78, 5) is 12.1. The van der Waals surface area contributed by atoms with E-state index in [4.69, 9.17) is 27.9 Å². The van der Waals surface area contributed by atoms with Crippen LogP contribution in [-0.4, -0.2) is 20.6 Å². The zero-order valence-electron chi connectivity index (χ0n) is 12.3. The molecule has 0 spiro atoms. The molecule has 0 saturated carbocycles. The number of para-hydroxylation sites is 1. The highest BCUT2D eigenvalue weighted by atomic mass is 35.5. The second-order valence-corrected chi connectivity index (χ2v) is 7.34. The van der Waals surface area contributed by atoms with Crippen LogP contribution in [0, 0.1) is 6.92 Å². The molecule has 0 radical (unpaired) electrons. The number of nitrogens with one attached hydrogen (secondary N) is 1. The summed E-state index contributed by atoms with van der Waals surface area (Å²) in [6, 6.07) is 9.66. The van der Waals surface area contributed by atoms with E-state index in [0.29, 0.717) is 10.6 Å². The van der Waals surface area contributed by atoms with Gasteiger partial charge in [0.1, 0.15) is 16.5 Å². The maximum Gasteiger partial charge on any atom is 0.268 e. The summed E-state index contributed by atoms with van der Waals surface area (Å²) in [5, 5.41) is 0.506. The fraction of sp³-hybridized carbons (Fsp3) is 0.133. The number of rotatable bonds is 4. The van der Waals surface area contributed by atoms with Gasteiger partial charge in [-0.3, -0.25) is 4.79 Å². The molecule has 0 bridgehead atoms. The number of hydrogen-bond acceptors (Lipinski definition) is 4. The number of aryl methyl sites for hydroxylation is 1. The first-order valence-corrected chi connectivity index (χ1v) is 9.07. The number of halogens is 2. The molecule has 0 fully saturated rings. The Bertz CT molecular complexity index is 866. The fourth-order valence-electron chi connectivity index (χ4n) is 1.86. The molecule has 0 aliphatic rings. The number of sulfonamides is 1. The Kier molecular flexibility index (Phi) is 5.19. The van der Waals surface area contributed by atoms with Gasteiger partial charge in [0, 0.05) is 0 Å². The monoisotopic (exact) mass is 373 g/mol. The topological polar surface area (TPSA) is 72.5 Å². The Morgan fingerprint density at radius 3 is 2.43 bits per heavy atom. The molecule has 0 aliphatic carbocycles. The van der Waals surface area contributed by atoms with Crippen LogP contribution >= 0.6 is 23.2 Å². The van der Waals surface area contributed by atoms with Gasteiger partial charge in [-0.15, -0.1) is 0 Å². The van der Waals surface area contributed by atoms with E-state index in [-0.39, 0.29) is 22.1 Å². The summed E-state index contributed by atoms with van der Waals surface area (Å²) in [6.45, 7) is 1.73. The summed E-state index contributed by atoms with van der Waals surface area (Å²) < 4.78 is 30.1. The van der Waals surface area contributed by atoms with Crippen molar-refractivity contribution in [3.8, 4) is 11.5 Å². The van der Waals surface area contributed by atoms with Crippen LogP contribution in [0.4, 0.5) is 0 Å². The molecule has 0 aromatic heterocycles. The van der Waals surface area contributed by atoms with Gasteiger partial charge in [0.15, 0.2) is 0 Å². The van der Waals surface area contributed by atoms with E-state index in [1.54, 1.807) is 37.3 Å². The van der Waals surface area contributed by atoms with Crippen LogP contribution in [0.15, 0.2) is 36.4 Å². The molecule has 8 heteroatoms. The first kappa shape index (κ1) is 17.6. The van der Waals surface area contributed by atoms with E-state index in [1.165, 1.54) is 6.07 Å². The molecule has 0 atom stereocenters. The number of carbonyl (C=O) groups is 1. The van der Waals surface area contributed by atoms with Gasteiger partial charge in [0.2, 0.25) is 10.0 Å². The zero-order valence-corrected chi connectivity index (χ0v) is 14.6. The number of benzene rings is 2. The summed E-state index contributed by atoms with van der Waals surface area (Å²) >= 11 is 12.0. The molecule has 23 heavy (non-hydrogen) atoms. The second-order valence-electron chi connectivity index (χ2n) is 4.81. The van der Waals surface area contributed by atoms with Gasteiger partial charge in [-0.1, -0.05) is 41.4 Å². The van der Waals surface area contributed by atoms with Crippen molar-refractivity contribution in [2.24, 2.45) is 0 Å². The second kappa shape index (κ2) is 6.78. The van der Waals surface area contributed by atoms with Crippen molar-refractivity contribution < 1.29 is 17.9 Å². The minimum absolute atomic E-state index is 0.0754. The highest BCUT2D eigenvalue weighted by molar-refractivity contribution is 7.89. The lowest BCUT2D eigenvalue weighted by Gasteiger charge is -2.14. The van der Waals surface area contributed by atoms with Crippen LogP contribution in [0.3, 0.4) is 0 Å². The molecule has 1 amide bonds. The zero-order chi connectivity index (χ0) is 17.2. The Morgan fingerprint density at radius 1 is 1.13 bits per heavy atom. The fourth-order valence-corrected chi connectivity index (χ4v) is 2.64. The van der Waals surface area contributed by atoms with Gasteiger partial charge in [-0.25, -0.2) is 13.1 Å². The van der Waals surface area contributed by atoms with Gasteiger partial charge in [-0.2, -0.15) is 0 Å². The third-order valence-electron chi connectivity index (χ3n) is 2.86. The minimum Gasteiger partial charge on any atom is -0.455 e. The average molecular weight is 374 g/mol. The van der Waals surface area contributed by atoms with Crippen molar-refractivity contribution in [3.05, 3.63) is 57.6 Å². The molecule has 5 nitrogen and oxygen atoms in total. The molecule has 0 unspecified atom stereocenters. The molecule has 2 aromatic carbocycles. The summed E-state index contributed by atoms with van der Waals surface area (Å²) in [5.41, 5.74) is 0.716. The molecule has 0 aliphatic heterocycles. The number of carbonyl (C=O) groups excluding carboxylic acids is 1. The van der Waals surface area contributed by atoms with E-state index in [1.807, 2.05) is 4.72 Å². The number of ether oxygens (including phenoxy) is 1. The average Bonchev–Trinajstić information content (AvgIpc) is 2.44. The molecule has 2 aromatic rings. The minimum atomic E-state index is -3.69. The lowest BCUT2D eigenvalue weighted by atomic mass is 10.1. The van der Waals surface area contributed by atoms with E-state index in [9.17, 15) is 13.2 Å². The number of amides is 1. The maximum atomic E-state index is 12.1. The third kappa shape index (κ3) is 4.37. The Morgan fingerprint density at radius 2 is 1.78 bits per heavy atom. The number of hydrogen-bond donors (Lipinski definition) is 1. The SMILES string of the molecule is Cc1cccc(C(=O)NS(C)(=O)=O)c1Oc1cccc(Cl)c1Cl. The van der Waals surface area contributed by atoms with Crippen molar-refractivity contribution in [1.29, 1.82) is 0 Å². The van der Waals surface area contributed by atoms with E-state index < -0.39 is 15.9 Å². The van der Waals surface area contributed by atoms with Crippen LogP contribution in [0.1, 0.15) is 15.9 Å². The Hall–Kier alpha value is -1.76. The predicted octanol–water partition coefficient (Wildman–Crippen LogP) is 3.78.